The van der Waals surface area contributed by atoms with Crippen LogP contribution in [0.5, 0.6) is 0 Å². The molecule has 8 heteroatoms. The molecule has 0 aromatic carbocycles. The van der Waals surface area contributed by atoms with Gasteiger partial charge in [-0.2, -0.15) is 0 Å². The van der Waals surface area contributed by atoms with Crippen molar-refractivity contribution < 1.29 is 27.6 Å². The van der Waals surface area contributed by atoms with Gasteiger partial charge in [-0.3, -0.25) is 4.90 Å². The van der Waals surface area contributed by atoms with Crippen molar-refractivity contribution in [2.75, 3.05) is 13.1 Å². The molecule has 0 unspecified atom stereocenters. The first kappa shape index (κ1) is 19.2. The second-order valence-corrected chi connectivity index (χ2v) is 8.31. The maximum Gasteiger partial charge on any atom is 0.496 e. The van der Waals surface area contributed by atoms with Crippen molar-refractivity contribution in [1.82, 2.24) is 4.90 Å². The van der Waals surface area contributed by atoms with Crippen LogP contribution < -0.4 is 0 Å². The largest absolute Gasteiger partial charge is 0.496 e. The molecule has 2 aliphatic rings. The molecule has 5 nitrogen and oxygen atoms in total. The minimum atomic E-state index is -3.24. The van der Waals surface area contributed by atoms with Crippen LogP contribution in [0.3, 0.4) is 0 Å². The fourth-order valence-electron chi connectivity index (χ4n) is 2.46. The Kier molecular flexibility index (Phi) is 4.55. The van der Waals surface area contributed by atoms with Crippen molar-refractivity contribution >= 4 is 13.2 Å². The Balaban J connectivity index is 2.16. The third-order valence-electron chi connectivity index (χ3n) is 4.50. The molecule has 1 fully saturated rings. The number of halogens is 2. The number of carbonyl (C=O) groups is 1. The molecule has 1 saturated heterocycles. The van der Waals surface area contributed by atoms with E-state index in [9.17, 15) is 13.6 Å². The molecule has 2 rings (SSSR count). The average molecular weight is 345 g/mol. The lowest BCUT2D eigenvalue weighted by Crippen LogP contribution is -2.50. The number of carbonyl (C=O) groups excluding carboxylic acids is 1. The smallest absolute Gasteiger partial charge is 0.444 e. The maximum absolute atomic E-state index is 14.6. The Morgan fingerprint density at radius 3 is 2.12 bits per heavy atom. The highest BCUT2D eigenvalue weighted by Gasteiger charge is 2.58. The van der Waals surface area contributed by atoms with E-state index in [0.717, 1.165) is 4.90 Å². The topological polar surface area (TPSA) is 48.0 Å². The van der Waals surface area contributed by atoms with E-state index in [1.165, 1.54) is 6.08 Å². The van der Waals surface area contributed by atoms with Crippen molar-refractivity contribution in [1.29, 1.82) is 0 Å². The number of ether oxygens (including phenoxy) is 1. The predicted octanol–water partition coefficient (Wildman–Crippen LogP) is 3.43. The Labute approximate surface area is 142 Å². The van der Waals surface area contributed by atoms with Gasteiger partial charge in [-0.05, 0) is 48.5 Å². The van der Waals surface area contributed by atoms with Crippen LogP contribution in [0.25, 0.3) is 0 Å². The lowest BCUT2D eigenvalue weighted by molar-refractivity contribution is -0.0215. The first-order valence-electron chi connectivity index (χ1n) is 8.07. The standard InChI is InChI=1S/C16H26BF2NO4/c1-13(2,3)22-12(21)20-9-8-11(16(18,19)10-20)17-23-14(4,5)15(6,7)24-17/h8H,9-10H2,1-7H3. The normalized spacial score (nSPS) is 25.5. The average Bonchev–Trinajstić information content (AvgIpc) is 2.54. The van der Waals surface area contributed by atoms with E-state index < -0.39 is 42.5 Å². The van der Waals surface area contributed by atoms with Crippen LogP contribution in [0, 0.1) is 0 Å². The van der Waals surface area contributed by atoms with Crippen LogP contribution in [-0.2, 0) is 14.0 Å². The van der Waals surface area contributed by atoms with E-state index in [1.807, 2.05) is 27.7 Å². The summed E-state index contributed by atoms with van der Waals surface area (Å²) in [6.07, 6.45) is 0.543. The summed E-state index contributed by atoms with van der Waals surface area (Å²) in [6, 6.07) is 0. The van der Waals surface area contributed by atoms with E-state index in [4.69, 9.17) is 14.0 Å². The molecule has 0 saturated carbocycles. The first-order valence-corrected chi connectivity index (χ1v) is 8.07. The van der Waals surface area contributed by atoms with Crippen molar-refractivity contribution in [2.24, 2.45) is 0 Å². The SMILES string of the molecule is CC(C)(C)OC(=O)N1CC=C(B2OC(C)(C)C(C)(C)O2)C(F)(F)C1. The van der Waals surface area contributed by atoms with Crippen LogP contribution in [0.4, 0.5) is 13.6 Å². The summed E-state index contributed by atoms with van der Waals surface area (Å²) in [4.78, 5) is 13.0. The molecule has 0 atom stereocenters. The minimum absolute atomic E-state index is 0.0317. The molecule has 136 valence electrons. The summed E-state index contributed by atoms with van der Waals surface area (Å²) in [7, 11) is -1.12. The molecule has 0 radical (unpaired) electrons. The third-order valence-corrected chi connectivity index (χ3v) is 4.50. The lowest BCUT2D eigenvalue weighted by atomic mass is 9.72. The Morgan fingerprint density at radius 1 is 1.21 bits per heavy atom. The van der Waals surface area contributed by atoms with Crippen LogP contribution in [0.2, 0.25) is 0 Å². The number of alkyl halides is 2. The van der Waals surface area contributed by atoms with Gasteiger partial charge < -0.3 is 14.0 Å². The number of nitrogens with zero attached hydrogens (tertiary/aromatic N) is 1. The van der Waals surface area contributed by atoms with Gasteiger partial charge in [0, 0.05) is 12.0 Å². The fraction of sp³-hybridized carbons (Fsp3) is 0.812. The Hall–Kier alpha value is -1.15. The van der Waals surface area contributed by atoms with Gasteiger partial charge in [-0.15, -0.1) is 0 Å². The van der Waals surface area contributed by atoms with Crippen molar-refractivity contribution in [2.45, 2.75) is 71.2 Å². The van der Waals surface area contributed by atoms with Crippen LogP contribution in [-0.4, -0.2) is 53.9 Å². The lowest BCUT2D eigenvalue weighted by Gasteiger charge is -2.34. The van der Waals surface area contributed by atoms with Gasteiger partial charge in [0.25, 0.3) is 5.92 Å². The zero-order valence-corrected chi connectivity index (χ0v) is 15.4. The monoisotopic (exact) mass is 345 g/mol. The third kappa shape index (κ3) is 3.74. The minimum Gasteiger partial charge on any atom is -0.444 e. The van der Waals surface area contributed by atoms with Gasteiger partial charge in [0.15, 0.2) is 0 Å². The summed E-state index contributed by atoms with van der Waals surface area (Å²) in [5.74, 6) is -3.24. The zero-order valence-electron chi connectivity index (χ0n) is 15.4. The quantitative estimate of drug-likeness (QED) is 0.683. The van der Waals surface area contributed by atoms with Crippen LogP contribution in [0.1, 0.15) is 48.5 Å². The summed E-state index contributed by atoms with van der Waals surface area (Å²) in [6.45, 7) is 11.6. The number of rotatable bonds is 1. The highest BCUT2D eigenvalue weighted by Crippen LogP contribution is 2.42. The number of hydrogen-bond donors (Lipinski definition) is 0. The number of hydrogen-bond acceptors (Lipinski definition) is 4. The van der Waals surface area contributed by atoms with Crippen molar-refractivity contribution in [3.63, 3.8) is 0 Å². The molecule has 2 heterocycles. The molecule has 0 bridgehead atoms. The molecule has 0 aromatic rings. The van der Waals surface area contributed by atoms with Gasteiger partial charge in [-0.25, -0.2) is 13.6 Å². The molecule has 0 aromatic heterocycles. The van der Waals surface area contributed by atoms with Crippen LogP contribution >= 0.6 is 0 Å². The molecule has 0 N–H and O–H groups in total. The maximum atomic E-state index is 14.6. The van der Waals surface area contributed by atoms with Crippen molar-refractivity contribution in [3.05, 3.63) is 11.5 Å². The molecule has 2 aliphatic heterocycles. The summed E-state index contributed by atoms with van der Waals surface area (Å²) in [5.41, 5.74) is -2.36. The van der Waals surface area contributed by atoms with Gasteiger partial charge in [0.2, 0.25) is 0 Å². The van der Waals surface area contributed by atoms with Crippen LogP contribution in [0.15, 0.2) is 11.5 Å². The molecular formula is C16H26BF2NO4. The summed E-state index contributed by atoms with van der Waals surface area (Å²) >= 11 is 0. The predicted molar refractivity (Wildman–Crippen MR) is 86.9 cm³/mol. The fourth-order valence-corrected chi connectivity index (χ4v) is 2.46. The first-order chi connectivity index (χ1) is 10.6. The van der Waals surface area contributed by atoms with Gasteiger partial charge in [0.1, 0.15) is 5.60 Å². The number of amides is 1. The Bertz CT molecular complexity index is 539. The van der Waals surface area contributed by atoms with Crippen molar-refractivity contribution in [3.8, 4) is 0 Å². The van der Waals surface area contributed by atoms with Gasteiger partial charge in [-0.1, -0.05) is 6.08 Å². The highest BCUT2D eigenvalue weighted by molar-refractivity contribution is 6.55. The summed E-state index contributed by atoms with van der Waals surface area (Å²) < 4.78 is 45.8. The van der Waals surface area contributed by atoms with E-state index in [0.29, 0.717) is 0 Å². The molecule has 0 spiro atoms. The van der Waals surface area contributed by atoms with E-state index in [1.54, 1.807) is 20.8 Å². The zero-order chi connectivity index (χ0) is 18.6. The Morgan fingerprint density at radius 2 is 1.71 bits per heavy atom. The van der Waals surface area contributed by atoms with Gasteiger partial charge >= 0.3 is 13.2 Å². The highest BCUT2D eigenvalue weighted by atomic mass is 19.3. The second kappa shape index (κ2) is 5.69. The molecule has 1 amide bonds. The van der Waals surface area contributed by atoms with E-state index in [-0.39, 0.29) is 12.0 Å². The molecule has 0 aliphatic carbocycles. The van der Waals surface area contributed by atoms with E-state index >= 15 is 0 Å². The van der Waals surface area contributed by atoms with E-state index in [2.05, 4.69) is 0 Å². The van der Waals surface area contributed by atoms with Gasteiger partial charge in [0.05, 0.1) is 17.7 Å². The molecule has 24 heavy (non-hydrogen) atoms. The second-order valence-electron chi connectivity index (χ2n) is 8.31. The molecular weight excluding hydrogens is 319 g/mol. The summed E-state index contributed by atoms with van der Waals surface area (Å²) in [5, 5.41) is 0.